The van der Waals surface area contributed by atoms with E-state index < -0.39 is 5.91 Å². The smallest absolute Gasteiger partial charge is 0.270 e. The maximum absolute atomic E-state index is 12.7. The van der Waals surface area contributed by atoms with E-state index in [0.29, 0.717) is 15.9 Å². The number of benzene rings is 1. The summed E-state index contributed by atoms with van der Waals surface area (Å²) in [6.45, 7) is 5.36. The lowest BCUT2D eigenvalue weighted by molar-refractivity contribution is -0.119. The molecule has 0 aliphatic heterocycles. The summed E-state index contributed by atoms with van der Waals surface area (Å²) in [5.41, 5.74) is 0.691. The van der Waals surface area contributed by atoms with Crippen LogP contribution in [0.1, 0.15) is 20.8 Å². The highest BCUT2D eigenvalue weighted by molar-refractivity contribution is 7.07. The molecule has 0 spiro atoms. The van der Waals surface area contributed by atoms with Crippen molar-refractivity contribution >= 4 is 46.3 Å². The number of nitriles is 2. The third kappa shape index (κ3) is 5.81. The van der Waals surface area contributed by atoms with Gasteiger partial charge in [-0.05, 0) is 25.1 Å². The maximum Gasteiger partial charge on any atom is 0.270 e. The molecule has 160 valence electrons. The van der Waals surface area contributed by atoms with Gasteiger partial charge in [0.2, 0.25) is 5.91 Å². The number of carbonyl (C=O) groups excluding carboxylic acids is 2. The lowest BCUT2D eigenvalue weighted by Crippen LogP contribution is -2.34. The number of thiazole rings is 1. The number of aromatic nitrogens is 1. The predicted molar refractivity (Wildman–Crippen MR) is 119 cm³/mol. The highest BCUT2D eigenvalue weighted by Crippen LogP contribution is 2.15. The molecule has 0 unspecified atom stereocenters. The molecule has 1 aromatic carbocycles. The van der Waals surface area contributed by atoms with Gasteiger partial charge in [-0.1, -0.05) is 19.9 Å². The largest absolute Gasteiger partial charge is 0.360 e. The number of hydrogen-bond donors (Lipinski definition) is 3. The monoisotopic (exact) mass is 438 g/mol. The summed E-state index contributed by atoms with van der Waals surface area (Å²) >= 11 is 1.00. The van der Waals surface area contributed by atoms with E-state index in [4.69, 9.17) is 5.26 Å². The zero-order valence-electron chi connectivity index (χ0n) is 17.4. The van der Waals surface area contributed by atoms with E-state index in [2.05, 4.69) is 16.0 Å². The van der Waals surface area contributed by atoms with Gasteiger partial charge in [-0.25, -0.2) is 0 Å². The molecule has 0 fully saturated rings. The van der Waals surface area contributed by atoms with Crippen LogP contribution in [0.25, 0.3) is 11.8 Å². The molecule has 2 rings (SSSR count). The summed E-state index contributed by atoms with van der Waals surface area (Å²) in [6.07, 6.45) is 1.49. The zero-order valence-corrected chi connectivity index (χ0v) is 18.2. The summed E-state index contributed by atoms with van der Waals surface area (Å²) in [6, 6.07) is 10.6. The van der Waals surface area contributed by atoms with Crippen LogP contribution in [0.3, 0.4) is 0 Å². The molecule has 3 N–H and O–H groups in total. The zero-order chi connectivity index (χ0) is 23.0. The first-order valence-electron chi connectivity index (χ1n) is 9.49. The first-order valence-corrected chi connectivity index (χ1v) is 10.3. The van der Waals surface area contributed by atoms with Gasteiger partial charge in [-0.2, -0.15) is 10.5 Å². The molecule has 0 saturated carbocycles. The fraction of sp³-hybridized carbons (Fsp3) is 0.286. The Kier molecular flexibility index (Phi) is 8.12. The molecule has 1 heterocycles. The van der Waals surface area contributed by atoms with E-state index in [0.717, 1.165) is 11.3 Å². The fourth-order valence-electron chi connectivity index (χ4n) is 2.52. The second-order valence-electron chi connectivity index (χ2n) is 6.66. The van der Waals surface area contributed by atoms with Gasteiger partial charge in [-0.3, -0.25) is 19.0 Å². The number of nitrogens with zero attached hydrogens (tertiary/aromatic N) is 3. The second kappa shape index (κ2) is 10.8. The molecule has 0 radical (unpaired) electrons. The van der Waals surface area contributed by atoms with Gasteiger partial charge in [0.05, 0.1) is 6.07 Å². The van der Waals surface area contributed by atoms with Crippen molar-refractivity contribution in [1.82, 2.24) is 9.88 Å². The summed E-state index contributed by atoms with van der Waals surface area (Å²) in [7, 11) is 0. The van der Waals surface area contributed by atoms with Crippen LogP contribution >= 0.6 is 11.3 Å². The Labute approximate surface area is 182 Å². The van der Waals surface area contributed by atoms with Crippen molar-refractivity contribution in [1.29, 1.82) is 10.5 Å². The minimum atomic E-state index is -0.708. The number of amides is 2. The molecular formula is C21H22N6O3S. The number of anilines is 2. The van der Waals surface area contributed by atoms with E-state index >= 15 is 0 Å². The minimum Gasteiger partial charge on any atom is -0.360 e. The van der Waals surface area contributed by atoms with Crippen LogP contribution in [0.5, 0.6) is 0 Å². The molecule has 0 aliphatic rings. The average Bonchev–Trinajstić information content (AvgIpc) is 3.06. The average molecular weight is 439 g/mol. The number of carbonyl (C=O) groups is 2. The normalized spacial score (nSPS) is 12.0. The molecular weight excluding hydrogens is 416 g/mol. The van der Waals surface area contributed by atoms with Crippen molar-refractivity contribution in [2.45, 2.75) is 27.3 Å². The van der Waals surface area contributed by atoms with Crippen molar-refractivity contribution in [2.24, 2.45) is 5.92 Å². The summed E-state index contributed by atoms with van der Waals surface area (Å²) in [5.74, 6) is -0.971. The quantitative estimate of drug-likeness (QED) is 0.544. The predicted octanol–water partition coefficient (Wildman–Crippen LogP) is 0.688. The van der Waals surface area contributed by atoms with Crippen LogP contribution in [0.15, 0.2) is 29.1 Å². The van der Waals surface area contributed by atoms with Gasteiger partial charge in [0.15, 0.2) is 5.57 Å². The van der Waals surface area contributed by atoms with Crippen LogP contribution in [-0.2, 0) is 16.1 Å². The first-order chi connectivity index (χ1) is 14.8. The van der Waals surface area contributed by atoms with Crippen LogP contribution in [-0.4, -0.2) is 22.9 Å². The van der Waals surface area contributed by atoms with Gasteiger partial charge in [0.1, 0.15) is 21.8 Å². The first kappa shape index (κ1) is 23.4. The highest BCUT2D eigenvalue weighted by atomic mass is 32.1. The molecule has 2 amide bonds. The second-order valence-corrected chi connectivity index (χ2v) is 7.69. The fourth-order valence-corrected chi connectivity index (χ4v) is 3.60. The van der Waals surface area contributed by atoms with Crippen molar-refractivity contribution in [3.05, 3.63) is 43.8 Å². The molecule has 0 aliphatic carbocycles. The van der Waals surface area contributed by atoms with Crippen molar-refractivity contribution in [3.8, 4) is 12.1 Å². The Morgan fingerprint density at radius 3 is 2.58 bits per heavy atom. The molecule has 0 atom stereocenters. The van der Waals surface area contributed by atoms with Crippen molar-refractivity contribution < 1.29 is 9.59 Å². The Balaban J connectivity index is 2.43. The van der Waals surface area contributed by atoms with Gasteiger partial charge >= 0.3 is 0 Å². The Bertz CT molecular complexity index is 1240. The van der Waals surface area contributed by atoms with E-state index in [1.165, 1.54) is 10.8 Å². The standard InChI is InChI=1S/C21H22N6O3S/c1-4-27-20(30)17(31-21(27)16(11-23)19(29)24-9-8-22)12-25-14-6-5-7-15(10-14)26-18(28)13(2)3/h5-7,10,12-13,25H,4,9H2,1-3H3,(H,24,29)(H,26,28). The van der Waals surface area contributed by atoms with Crippen molar-refractivity contribution in [2.75, 3.05) is 17.2 Å². The molecule has 31 heavy (non-hydrogen) atoms. The van der Waals surface area contributed by atoms with Gasteiger partial charge < -0.3 is 16.0 Å². The van der Waals surface area contributed by atoms with Gasteiger partial charge in [-0.15, -0.1) is 11.3 Å². The molecule has 1 aromatic heterocycles. The number of nitrogens with one attached hydrogen (secondary N) is 3. The Morgan fingerprint density at radius 2 is 1.97 bits per heavy atom. The summed E-state index contributed by atoms with van der Waals surface area (Å²) in [5, 5.41) is 26.2. The van der Waals surface area contributed by atoms with E-state index in [1.54, 1.807) is 51.1 Å². The number of rotatable bonds is 7. The van der Waals surface area contributed by atoms with E-state index in [9.17, 15) is 19.6 Å². The van der Waals surface area contributed by atoms with Crippen LogP contribution < -0.4 is 30.7 Å². The summed E-state index contributed by atoms with van der Waals surface area (Å²) in [4.78, 5) is 36.8. The lowest BCUT2D eigenvalue weighted by atomic mass is 10.2. The topological polar surface area (TPSA) is 140 Å². The van der Waals surface area contributed by atoms with Gasteiger partial charge in [0, 0.05) is 30.0 Å². The van der Waals surface area contributed by atoms with Gasteiger partial charge in [0.25, 0.3) is 11.5 Å². The Hall–Kier alpha value is -3.89. The number of hydrogen-bond acceptors (Lipinski definition) is 7. The molecule has 10 heteroatoms. The van der Waals surface area contributed by atoms with E-state index in [1.807, 2.05) is 6.07 Å². The molecule has 0 saturated heterocycles. The SMILES string of the molecule is CCn1c(=C(C#N)C(=O)NCC#N)sc(=CNc2cccc(NC(=O)C(C)C)c2)c1=O. The third-order valence-electron chi connectivity index (χ3n) is 4.13. The van der Waals surface area contributed by atoms with Crippen LogP contribution in [0.2, 0.25) is 0 Å². The molecule has 0 bridgehead atoms. The lowest BCUT2D eigenvalue weighted by Gasteiger charge is -2.09. The summed E-state index contributed by atoms with van der Waals surface area (Å²) < 4.78 is 1.85. The van der Waals surface area contributed by atoms with Crippen LogP contribution in [0.4, 0.5) is 11.4 Å². The third-order valence-corrected chi connectivity index (χ3v) is 5.26. The maximum atomic E-state index is 12.7. The van der Waals surface area contributed by atoms with Crippen molar-refractivity contribution in [3.63, 3.8) is 0 Å². The minimum absolute atomic E-state index is 0.107. The molecule has 2 aromatic rings. The van der Waals surface area contributed by atoms with E-state index in [-0.39, 0.29) is 40.7 Å². The highest BCUT2D eigenvalue weighted by Gasteiger charge is 2.15. The molecule has 9 nitrogen and oxygen atoms in total. The van der Waals surface area contributed by atoms with Crippen LogP contribution in [0, 0.1) is 28.6 Å². The Morgan fingerprint density at radius 1 is 1.26 bits per heavy atom.